The second-order valence-electron chi connectivity index (χ2n) is 4.25. The Balaban J connectivity index is 1.69. The van der Waals surface area contributed by atoms with Crippen molar-refractivity contribution in [1.29, 1.82) is 0 Å². The summed E-state index contributed by atoms with van der Waals surface area (Å²) in [5.41, 5.74) is 0. The molecule has 0 spiro atoms. The van der Waals surface area contributed by atoms with Gasteiger partial charge in [-0.2, -0.15) is 0 Å². The van der Waals surface area contributed by atoms with Gasteiger partial charge in [-0.3, -0.25) is 9.89 Å². The summed E-state index contributed by atoms with van der Waals surface area (Å²) >= 11 is 1.85. The van der Waals surface area contributed by atoms with Gasteiger partial charge in [0.05, 0.1) is 13.2 Å². The number of aryl methyl sites for hydroxylation is 1. The van der Waals surface area contributed by atoms with E-state index in [0.29, 0.717) is 0 Å². The molecule has 1 aromatic rings. The molecule has 3 nitrogen and oxygen atoms in total. The Morgan fingerprint density at radius 3 is 3.00 bits per heavy atom. The quantitative estimate of drug-likeness (QED) is 0.749. The van der Waals surface area contributed by atoms with Crippen LogP contribution in [0.25, 0.3) is 0 Å². The lowest BCUT2D eigenvalue weighted by Gasteiger charge is -2.26. The molecule has 1 aliphatic rings. The van der Waals surface area contributed by atoms with Crippen molar-refractivity contribution in [3.63, 3.8) is 0 Å². The van der Waals surface area contributed by atoms with Gasteiger partial charge in [0.15, 0.2) is 0 Å². The van der Waals surface area contributed by atoms with Crippen molar-refractivity contribution in [2.75, 3.05) is 39.9 Å². The van der Waals surface area contributed by atoms with Crippen LogP contribution < -0.4 is 0 Å². The van der Waals surface area contributed by atoms with Gasteiger partial charge in [0.2, 0.25) is 0 Å². The molecule has 0 unspecified atom stereocenters. The van der Waals surface area contributed by atoms with E-state index < -0.39 is 0 Å². The smallest absolute Gasteiger partial charge is 0.0594 e. The maximum atomic E-state index is 5.34. The zero-order valence-electron chi connectivity index (χ0n) is 10.4. The minimum Gasteiger partial charge on any atom is -0.379 e. The molecule has 0 amide bonds. The summed E-state index contributed by atoms with van der Waals surface area (Å²) in [6.45, 7) is 5.18. The molecule has 1 saturated heterocycles. The fourth-order valence-corrected chi connectivity index (χ4v) is 3.01. The van der Waals surface area contributed by atoms with E-state index in [9.17, 15) is 0 Å². The molecule has 17 heavy (non-hydrogen) atoms. The average Bonchev–Trinajstić information content (AvgIpc) is 2.79. The van der Waals surface area contributed by atoms with E-state index in [1.165, 1.54) is 29.1 Å². The van der Waals surface area contributed by atoms with Crippen LogP contribution in [0.4, 0.5) is 0 Å². The third-order valence-electron chi connectivity index (χ3n) is 2.94. The number of aliphatic imine (C=N–C) groups is 1. The van der Waals surface area contributed by atoms with E-state index in [1.807, 2.05) is 24.6 Å². The van der Waals surface area contributed by atoms with Gasteiger partial charge < -0.3 is 4.74 Å². The molecule has 1 fully saturated rings. The molecule has 0 atom stereocenters. The largest absolute Gasteiger partial charge is 0.379 e. The highest BCUT2D eigenvalue weighted by Crippen LogP contribution is 2.16. The van der Waals surface area contributed by atoms with Crippen molar-refractivity contribution in [3.8, 4) is 0 Å². The third-order valence-corrected chi connectivity index (χ3v) is 4.02. The first-order valence-corrected chi connectivity index (χ1v) is 7.01. The molecule has 0 aliphatic carbocycles. The highest BCUT2D eigenvalue weighted by atomic mass is 32.1. The Bertz CT molecular complexity index is 356. The minimum atomic E-state index is 0.899. The molecule has 0 bridgehead atoms. The van der Waals surface area contributed by atoms with Crippen molar-refractivity contribution in [3.05, 3.63) is 21.9 Å². The lowest BCUT2D eigenvalue weighted by atomic mass is 10.2. The lowest BCUT2D eigenvalue weighted by molar-refractivity contribution is 0.0375. The summed E-state index contributed by atoms with van der Waals surface area (Å²) in [5.74, 6) is 0. The van der Waals surface area contributed by atoms with Crippen LogP contribution in [0.1, 0.15) is 16.2 Å². The summed E-state index contributed by atoms with van der Waals surface area (Å²) in [7, 11) is 1.82. The Morgan fingerprint density at radius 2 is 2.24 bits per heavy atom. The van der Waals surface area contributed by atoms with E-state index in [1.54, 1.807) is 0 Å². The van der Waals surface area contributed by atoms with Crippen LogP contribution in [0, 0.1) is 0 Å². The lowest BCUT2D eigenvalue weighted by Crippen LogP contribution is -2.36. The predicted octanol–water partition coefficient (Wildman–Crippen LogP) is 2.06. The van der Waals surface area contributed by atoms with Gasteiger partial charge in [-0.05, 0) is 31.5 Å². The monoisotopic (exact) mass is 252 g/mol. The number of rotatable bonds is 5. The number of nitrogens with zero attached hydrogens (tertiary/aromatic N) is 2. The second kappa shape index (κ2) is 6.89. The highest BCUT2D eigenvalue weighted by molar-refractivity contribution is 7.13. The SMILES string of the molecule is CN=Cc1ccc(CCCN2CCOCC2)s1. The molecule has 2 rings (SSSR count). The van der Waals surface area contributed by atoms with Crippen LogP contribution in [0.5, 0.6) is 0 Å². The van der Waals surface area contributed by atoms with E-state index in [0.717, 1.165) is 26.3 Å². The first-order chi connectivity index (χ1) is 8.38. The highest BCUT2D eigenvalue weighted by Gasteiger charge is 2.09. The van der Waals surface area contributed by atoms with Crippen molar-refractivity contribution < 1.29 is 4.74 Å². The zero-order chi connectivity index (χ0) is 11.9. The Labute approximate surface area is 107 Å². The van der Waals surface area contributed by atoms with Crippen LogP contribution in [0.3, 0.4) is 0 Å². The molecular formula is C13H20N2OS. The summed E-state index contributed by atoms with van der Waals surface area (Å²) in [6.07, 6.45) is 4.35. The molecule has 1 aromatic heterocycles. The van der Waals surface area contributed by atoms with Crippen LogP contribution in [0.2, 0.25) is 0 Å². The summed E-state index contributed by atoms with van der Waals surface area (Å²) < 4.78 is 5.34. The zero-order valence-corrected chi connectivity index (χ0v) is 11.2. The average molecular weight is 252 g/mol. The van der Waals surface area contributed by atoms with Gasteiger partial charge in [-0.1, -0.05) is 0 Å². The molecule has 0 radical (unpaired) electrons. The van der Waals surface area contributed by atoms with Gasteiger partial charge in [-0.15, -0.1) is 11.3 Å². The maximum Gasteiger partial charge on any atom is 0.0594 e. The van der Waals surface area contributed by atoms with Crippen molar-refractivity contribution in [2.24, 2.45) is 4.99 Å². The molecule has 0 N–H and O–H groups in total. The molecule has 4 heteroatoms. The second-order valence-corrected chi connectivity index (χ2v) is 5.45. The number of hydrogen-bond donors (Lipinski definition) is 0. The van der Waals surface area contributed by atoms with Crippen LogP contribution in [0.15, 0.2) is 17.1 Å². The summed E-state index contributed by atoms with van der Waals surface area (Å²) in [4.78, 5) is 9.25. The number of morpholine rings is 1. The standard InChI is InChI=1S/C13H20N2OS/c1-14-11-13-5-4-12(17-13)3-2-6-15-7-9-16-10-8-15/h4-5,11H,2-3,6-10H2,1H3. The fraction of sp³-hybridized carbons (Fsp3) is 0.615. The molecule has 0 saturated carbocycles. The van der Waals surface area contributed by atoms with Crippen molar-refractivity contribution >= 4 is 17.6 Å². The van der Waals surface area contributed by atoms with Gasteiger partial charge in [0.1, 0.15) is 0 Å². The van der Waals surface area contributed by atoms with Crippen LogP contribution in [-0.2, 0) is 11.2 Å². The van der Waals surface area contributed by atoms with Crippen molar-refractivity contribution in [1.82, 2.24) is 4.90 Å². The first kappa shape index (κ1) is 12.7. The molecule has 0 aromatic carbocycles. The Kier molecular flexibility index (Phi) is 5.16. The Hall–Kier alpha value is -0.710. The first-order valence-electron chi connectivity index (χ1n) is 6.19. The Morgan fingerprint density at radius 1 is 1.41 bits per heavy atom. The molecular weight excluding hydrogens is 232 g/mol. The molecule has 94 valence electrons. The molecule has 2 heterocycles. The summed E-state index contributed by atoms with van der Waals surface area (Å²) in [5, 5.41) is 0. The number of hydrogen-bond acceptors (Lipinski definition) is 4. The predicted molar refractivity (Wildman–Crippen MR) is 73.4 cm³/mol. The summed E-state index contributed by atoms with van der Waals surface area (Å²) in [6, 6.07) is 4.38. The number of thiophene rings is 1. The van der Waals surface area contributed by atoms with Gasteiger partial charge in [0, 0.05) is 36.1 Å². The maximum absolute atomic E-state index is 5.34. The third kappa shape index (κ3) is 4.22. The van der Waals surface area contributed by atoms with E-state index in [4.69, 9.17) is 4.74 Å². The van der Waals surface area contributed by atoms with E-state index >= 15 is 0 Å². The van der Waals surface area contributed by atoms with Crippen LogP contribution in [-0.4, -0.2) is 51.0 Å². The van der Waals surface area contributed by atoms with E-state index in [2.05, 4.69) is 22.0 Å². The minimum absolute atomic E-state index is 0.899. The fourth-order valence-electron chi connectivity index (χ4n) is 2.03. The molecule has 1 aliphatic heterocycles. The van der Waals surface area contributed by atoms with Gasteiger partial charge >= 0.3 is 0 Å². The normalized spacial score (nSPS) is 17.9. The van der Waals surface area contributed by atoms with Crippen LogP contribution >= 0.6 is 11.3 Å². The topological polar surface area (TPSA) is 24.8 Å². The van der Waals surface area contributed by atoms with Gasteiger partial charge in [-0.25, -0.2) is 0 Å². The van der Waals surface area contributed by atoms with Crippen molar-refractivity contribution in [2.45, 2.75) is 12.8 Å². The van der Waals surface area contributed by atoms with E-state index in [-0.39, 0.29) is 0 Å². The number of ether oxygens (including phenoxy) is 1. The van der Waals surface area contributed by atoms with Gasteiger partial charge in [0.25, 0.3) is 0 Å².